The van der Waals surface area contributed by atoms with Crippen molar-refractivity contribution >= 4 is 27.3 Å². The van der Waals surface area contributed by atoms with Crippen LogP contribution >= 0.6 is 11.3 Å². The molecule has 0 saturated heterocycles. The molecule has 0 aliphatic rings. The van der Waals surface area contributed by atoms with Crippen LogP contribution in [-0.4, -0.2) is 13.0 Å². The van der Waals surface area contributed by atoms with Crippen molar-refractivity contribution in [2.24, 2.45) is 0 Å². The van der Waals surface area contributed by atoms with Gasteiger partial charge in [-0.05, 0) is 41.8 Å². The molecule has 0 radical (unpaired) electrons. The Kier molecular flexibility index (Phi) is 2.64. The smallest absolute Gasteiger partial charge is 0.261 e. The van der Waals surface area contributed by atoms with Crippen molar-refractivity contribution in [3.63, 3.8) is 0 Å². The number of carbonyl (C=O) groups excluding carboxylic acids is 1. The third-order valence-electron chi connectivity index (χ3n) is 2.77. The first-order valence-corrected chi connectivity index (χ1v) is 6.39. The summed E-state index contributed by atoms with van der Waals surface area (Å²) in [6.45, 7) is 0. The van der Waals surface area contributed by atoms with Crippen molar-refractivity contribution in [3.8, 4) is 11.3 Å². The fraction of sp³-hybridized carbons (Fsp3) is 0.0714. The van der Waals surface area contributed by atoms with E-state index in [0.717, 1.165) is 26.3 Å². The zero-order valence-corrected chi connectivity index (χ0v) is 10.6. The van der Waals surface area contributed by atoms with E-state index in [2.05, 4.69) is 5.32 Å². The lowest BCUT2D eigenvalue weighted by molar-refractivity contribution is 0.0967. The van der Waals surface area contributed by atoms with Crippen molar-refractivity contribution in [3.05, 3.63) is 47.5 Å². The van der Waals surface area contributed by atoms with Crippen LogP contribution < -0.4 is 5.32 Å². The lowest BCUT2D eigenvalue weighted by atomic mass is 10.1. The lowest BCUT2D eigenvalue weighted by Crippen LogP contribution is -2.15. The molecule has 2 heterocycles. The number of thiophene rings is 1. The zero-order valence-electron chi connectivity index (χ0n) is 9.77. The van der Waals surface area contributed by atoms with Gasteiger partial charge in [0.05, 0.1) is 11.1 Å². The quantitative estimate of drug-likeness (QED) is 0.763. The Morgan fingerprint density at radius 3 is 2.89 bits per heavy atom. The number of benzene rings is 1. The van der Waals surface area contributed by atoms with Crippen molar-refractivity contribution in [1.29, 1.82) is 0 Å². The third-order valence-corrected chi connectivity index (χ3v) is 3.89. The lowest BCUT2D eigenvalue weighted by Gasteiger charge is -1.96. The Morgan fingerprint density at radius 2 is 2.17 bits per heavy atom. The summed E-state index contributed by atoms with van der Waals surface area (Å²) < 4.78 is 6.47. The van der Waals surface area contributed by atoms with Crippen molar-refractivity contribution in [2.75, 3.05) is 7.05 Å². The molecule has 0 saturated carbocycles. The molecule has 0 spiro atoms. The predicted molar refractivity (Wildman–Crippen MR) is 72.9 cm³/mol. The van der Waals surface area contributed by atoms with Gasteiger partial charge >= 0.3 is 0 Å². The summed E-state index contributed by atoms with van der Waals surface area (Å²) in [5, 5.41) is 3.70. The van der Waals surface area contributed by atoms with E-state index in [1.807, 2.05) is 36.4 Å². The highest BCUT2D eigenvalue weighted by molar-refractivity contribution is 7.20. The summed E-state index contributed by atoms with van der Waals surface area (Å²) in [5.41, 5.74) is 1.02. The Hall–Kier alpha value is -2.07. The van der Waals surface area contributed by atoms with E-state index in [1.165, 1.54) is 11.3 Å². The molecule has 1 N–H and O–H groups in total. The molecule has 4 heteroatoms. The van der Waals surface area contributed by atoms with E-state index in [0.29, 0.717) is 0 Å². The monoisotopic (exact) mass is 257 g/mol. The van der Waals surface area contributed by atoms with Crippen LogP contribution in [0.1, 0.15) is 9.67 Å². The van der Waals surface area contributed by atoms with E-state index in [4.69, 9.17) is 4.42 Å². The van der Waals surface area contributed by atoms with Gasteiger partial charge in [0, 0.05) is 17.3 Å². The highest BCUT2D eigenvalue weighted by Gasteiger charge is 2.09. The number of nitrogens with one attached hydrogen (secondary N) is 1. The van der Waals surface area contributed by atoms with Crippen molar-refractivity contribution in [2.45, 2.75) is 0 Å². The van der Waals surface area contributed by atoms with Gasteiger partial charge in [-0.3, -0.25) is 4.79 Å². The Morgan fingerprint density at radius 1 is 1.28 bits per heavy atom. The third kappa shape index (κ3) is 1.80. The molecule has 3 nitrogen and oxygen atoms in total. The average molecular weight is 257 g/mol. The molecule has 0 atom stereocenters. The van der Waals surface area contributed by atoms with Crippen LogP contribution in [0.25, 0.3) is 21.4 Å². The van der Waals surface area contributed by atoms with Gasteiger partial charge in [0.15, 0.2) is 0 Å². The van der Waals surface area contributed by atoms with Crippen LogP contribution in [-0.2, 0) is 0 Å². The summed E-state index contributed by atoms with van der Waals surface area (Å²) in [5.74, 6) is 0.792. The molecule has 0 aliphatic carbocycles. The second-order valence-corrected chi connectivity index (χ2v) is 5.00. The summed E-state index contributed by atoms with van der Waals surface area (Å²) in [6.07, 6.45) is 1.66. The number of furan rings is 1. The van der Waals surface area contributed by atoms with E-state index in [1.54, 1.807) is 13.3 Å². The van der Waals surface area contributed by atoms with Crippen LogP contribution in [0, 0.1) is 0 Å². The highest BCUT2D eigenvalue weighted by atomic mass is 32.1. The number of hydrogen-bond donors (Lipinski definition) is 1. The molecule has 1 amide bonds. The molecule has 0 bridgehead atoms. The standard InChI is InChI=1S/C14H11NO2S/c1-15-14(16)13-8-10-7-9(4-5-12(10)18-13)11-3-2-6-17-11/h2-8H,1H3,(H,15,16). The molecule has 3 rings (SSSR count). The summed E-state index contributed by atoms with van der Waals surface area (Å²) >= 11 is 1.49. The van der Waals surface area contributed by atoms with Crippen LogP contribution in [0.2, 0.25) is 0 Å². The molecular formula is C14H11NO2S. The second-order valence-electron chi connectivity index (χ2n) is 3.92. The van der Waals surface area contributed by atoms with Gasteiger partial charge in [-0.1, -0.05) is 0 Å². The number of carbonyl (C=O) groups is 1. The van der Waals surface area contributed by atoms with Gasteiger partial charge in [-0.25, -0.2) is 0 Å². The molecule has 1 aromatic carbocycles. The Balaban J connectivity index is 2.10. The largest absolute Gasteiger partial charge is 0.464 e. The summed E-state index contributed by atoms with van der Waals surface area (Å²) in [4.78, 5) is 12.3. The highest BCUT2D eigenvalue weighted by Crippen LogP contribution is 2.30. The molecule has 0 unspecified atom stereocenters. The number of fused-ring (bicyclic) bond motifs is 1. The van der Waals surface area contributed by atoms with Gasteiger partial charge in [0.2, 0.25) is 0 Å². The number of rotatable bonds is 2. The molecule has 18 heavy (non-hydrogen) atoms. The maximum absolute atomic E-state index is 11.6. The van der Waals surface area contributed by atoms with Crippen molar-refractivity contribution < 1.29 is 9.21 Å². The molecule has 0 fully saturated rings. The minimum absolute atomic E-state index is 0.0456. The van der Waals surface area contributed by atoms with E-state index >= 15 is 0 Å². The average Bonchev–Trinajstić information content (AvgIpc) is 3.05. The molecule has 2 aromatic heterocycles. The van der Waals surface area contributed by atoms with Gasteiger partial charge in [-0.2, -0.15) is 0 Å². The minimum Gasteiger partial charge on any atom is -0.464 e. The van der Waals surface area contributed by atoms with Crippen molar-refractivity contribution in [1.82, 2.24) is 5.32 Å². The first-order valence-electron chi connectivity index (χ1n) is 5.57. The fourth-order valence-corrected chi connectivity index (χ4v) is 2.86. The summed E-state index contributed by atoms with van der Waals surface area (Å²) in [7, 11) is 1.64. The number of hydrogen-bond acceptors (Lipinski definition) is 3. The van der Waals surface area contributed by atoms with E-state index in [-0.39, 0.29) is 5.91 Å². The number of amides is 1. The van der Waals surface area contributed by atoms with Crippen LogP contribution in [0.4, 0.5) is 0 Å². The van der Waals surface area contributed by atoms with Crippen LogP contribution in [0.3, 0.4) is 0 Å². The molecule has 3 aromatic rings. The minimum atomic E-state index is -0.0456. The maximum Gasteiger partial charge on any atom is 0.261 e. The van der Waals surface area contributed by atoms with Crippen LogP contribution in [0.5, 0.6) is 0 Å². The first-order chi connectivity index (χ1) is 8.78. The zero-order chi connectivity index (χ0) is 12.5. The van der Waals surface area contributed by atoms with Gasteiger partial charge in [0.25, 0.3) is 5.91 Å². The molecule has 0 aliphatic heterocycles. The molecule has 90 valence electrons. The first kappa shape index (κ1) is 11.0. The fourth-order valence-electron chi connectivity index (χ4n) is 1.87. The van der Waals surface area contributed by atoms with Gasteiger partial charge in [-0.15, -0.1) is 11.3 Å². The Bertz CT molecular complexity index is 698. The predicted octanol–water partition coefficient (Wildman–Crippen LogP) is 3.52. The topological polar surface area (TPSA) is 42.2 Å². The SMILES string of the molecule is CNC(=O)c1cc2cc(-c3ccco3)ccc2s1. The van der Waals surface area contributed by atoms with Gasteiger partial charge in [0.1, 0.15) is 5.76 Å². The summed E-state index contributed by atoms with van der Waals surface area (Å²) in [6, 6.07) is 11.8. The van der Waals surface area contributed by atoms with E-state index in [9.17, 15) is 4.79 Å². The molecular weight excluding hydrogens is 246 g/mol. The Labute approximate surface area is 108 Å². The van der Waals surface area contributed by atoms with E-state index < -0.39 is 0 Å². The second kappa shape index (κ2) is 4.31. The maximum atomic E-state index is 11.6. The normalized spacial score (nSPS) is 10.7. The van der Waals surface area contributed by atoms with Crippen LogP contribution in [0.15, 0.2) is 47.1 Å². The van der Waals surface area contributed by atoms with Gasteiger partial charge < -0.3 is 9.73 Å².